The summed E-state index contributed by atoms with van der Waals surface area (Å²) >= 11 is 0. The number of hydrogen-bond donors (Lipinski definition) is 1. The number of fused-ring (bicyclic) bond motifs is 2. The average Bonchev–Trinajstić information content (AvgIpc) is 3.14. The first-order chi connectivity index (χ1) is 13.4. The van der Waals surface area contributed by atoms with Gasteiger partial charge in [0.25, 0.3) is 11.5 Å². The highest BCUT2D eigenvalue weighted by Gasteiger charge is 2.20. The summed E-state index contributed by atoms with van der Waals surface area (Å²) in [6.07, 6.45) is 2.11. The Balaban J connectivity index is 1.91. The maximum Gasteiger partial charge on any atom is 0.332 e. The minimum Gasteiger partial charge on any atom is -0.451 e. The summed E-state index contributed by atoms with van der Waals surface area (Å²) in [7, 11) is 2.93. The summed E-state index contributed by atoms with van der Waals surface area (Å²) in [5, 5.41) is 3.79. The molecule has 0 fully saturated rings. The van der Waals surface area contributed by atoms with Crippen molar-refractivity contribution in [2.45, 2.75) is 13.3 Å². The third kappa shape index (κ3) is 2.61. The number of furan rings is 1. The monoisotopic (exact) mass is 378 g/mol. The first-order valence-electron chi connectivity index (χ1n) is 8.80. The molecule has 1 aromatic carbocycles. The van der Waals surface area contributed by atoms with Crippen LogP contribution in [-0.4, -0.2) is 20.0 Å². The molecule has 3 aromatic heterocycles. The van der Waals surface area contributed by atoms with E-state index in [2.05, 4.69) is 10.3 Å². The Bertz CT molecular complexity index is 1330. The number of nitrogens with zero attached hydrogens (tertiary/aromatic N) is 3. The normalized spacial score (nSPS) is 11.2. The zero-order chi connectivity index (χ0) is 20.0. The van der Waals surface area contributed by atoms with Gasteiger partial charge in [-0.05, 0) is 24.1 Å². The van der Waals surface area contributed by atoms with Crippen LogP contribution in [0, 0.1) is 0 Å². The highest BCUT2D eigenvalue weighted by atomic mass is 16.3. The van der Waals surface area contributed by atoms with Gasteiger partial charge in [-0.2, -0.15) is 0 Å². The Morgan fingerprint density at radius 1 is 1.18 bits per heavy atom. The smallest absolute Gasteiger partial charge is 0.332 e. The summed E-state index contributed by atoms with van der Waals surface area (Å²) in [5.74, 6) is -0.343. The lowest BCUT2D eigenvalue weighted by molar-refractivity contribution is 0.0998. The van der Waals surface area contributed by atoms with Crippen molar-refractivity contribution in [3.05, 3.63) is 68.7 Å². The molecule has 0 unspecified atom stereocenters. The van der Waals surface area contributed by atoms with E-state index in [0.717, 1.165) is 9.95 Å². The van der Waals surface area contributed by atoms with Crippen LogP contribution in [0.25, 0.3) is 22.0 Å². The van der Waals surface area contributed by atoms with Crippen LogP contribution in [0.15, 0.2) is 50.5 Å². The van der Waals surface area contributed by atoms with Crippen molar-refractivity contribution in [3.63, 3.8) is 0 Å². The van der Waals surface area contributed by atoms with Gasteiger partial charge in [-0.25, -0.2) is 9.78 Å². The molecule has 28 heavy (non-hydrogen) atoms. The number of pyridine rings is 1. The van der Waals surface area contributed by atoms with Gasteiger partial charge in [-0.15, -0.1) is 0 Å². The lowest BCUT2D eigenvalue weighted by Crippen LogP contribution is -2.38. The van der Waals surface area contributed by atoms with E-state index in [0.29, 0.717) is 23.3 Å². The molecule has 0 radical (unpaired) electrons. The van der Waals surface area contributed by atoms with E-state index < -0.39 is 17.2 Å². The van der Waals surface area contributed by atoms with Gasteiger partial charge in [0.2, 0.25) is 0 Å². The van der Waals surface area contributed by atoms with Crippen LogP contribution >= 0.6 is 0 Å². The molecule has 4 rings (SSSR count). The van der Waals surface area contributed by atoms with Gasteiger partial charge >= 0.3 is 5.69 Å². The van der Waals surface area contributed by atoms with Crippen LogP contribution in [0.2, 0.25) is 0 Å². The Morgan fingerprint density at radius 2 is 1.93 bits per heavy atom. The molecule has 0 bridgehead atoms. The molecule has 0 aliphatic heterocycles. The number of benzene rings is 1. The topological polar surface area (TPSA) is 99.1 Å². The summed E-state index contributed by atoms with van der Waals surface area (Å²) in [5.41, 5.74) is 0.845. The maximum absolute atomic E-state index is 12.8. The fourth-order valence-corrected chi connectivity index (χ4v) is 3.25. The van der Waals surface area contributed by atoms with Gasteiger partial charge in [0.05, 0.1) is 5.69 Å². The van der Waals surface area contributed by atoms with Gasteiger partial charge in [0.1, 0.15) is 11.0 Å². The third-order valence-electron chi connectivity index (χ3n) is 4.82. The van der Waals surface area contributed by atoms with Crippen LogP contribution in [0.4, 0.5) is 5.69 Å². The molecule has 0 spiro atoms. The number of anilines is 1. The molecular weight excluding hydrogens is 360 g/mol. The number of carbonyl (C=O) groups is 1. The minimum atomic E-state index is -0.513. The van der Waals surface area contributed by atoms with Gasteiger partial charge in [0.15, 0.2) is 11.4 Å². The van der Waals surface area contributed by atoms with E-state index in [4.69, 9.17) is 4.42 Å². The zero-order valence-corrected chi connectivity index (χ0v) is 15.6. The van der Waals surface area contributed by atoms with Crippen molar-refractivity contribution in [2.24, 2.45) is 14.1 Å². The number of aromatic nitrogens is 3. The summed E-state index contributed by atoms with van der Waals surface area (Å²) in [6, 6.07) is 8.95. The van der Waals surface area contributed by atoms with Crippen molar-refractivity contribution < 1.29 is 9.21 Å². The van der Waals surface area contributed by atoms with E-state index in [-0.39, 0.29) is 16.8 Å². The molecule has 142 valence electrons. The van der Waals surface area contributed by atoms with Gasteiger partial charge in [0, 0.05) is 25.7 Å². The molecule has 0 aliphatic rings. The average molecular weight is 378 g/mol. The number of aryl methyl sites for hydroxylation is 2. The second-order valence-corrected chi connectivity index (χ2v) is 6.52. The molecular formula is C20H18N4O4. The van der Waals surface area contributed by atoms with Gasteiger partial charge in [-0.3, -0.25) is 18.7 Å². The van der Waals surface area contributed by atoms with E-state index in [1.54, 1.807) is 18.3 Å². The fraction of sp³-hybridized carbons (Fsp3) is 0.200. The Hall–Kier alpha value is -3.68. The van der Waals surface area contributed by atoms with Crippen LogP contribution in [0.3, 0.4) is 0 Å². The third-order valence-corrected chi connectivity index (χ3v) is 4.82. The molecule has 3 heterocycles. The molecule has 4 aromatic rings. The maximum atomic E-state index is 12.8. The minimum absolute atomic E-state index is 0.134. The highest BCUT2D eigenvalue weighted by Crippen LogP contribution is 2.25. The second kappa shape index (κ2) is 6.49. The molecule has 8 heteroatoms. The molecule has 0 aliphatic carbocycles. The van der Waals surface area contributed by atoms with Crippen molar-refractivity contribution in [2.75, 3.05) is 5.32 Å². The van der Waals surface area contributed by atoms with Crippen LogP contribution in [0.5, 0.6) is 0 Å². The standard InChI is InChI=1S/C20H18N4O4/c1-4-11-10-21-17-15(19(26)24(3)20(27)23(17)2)16(11)22-18(25)14-9-12-7-5-6-8-13(12)28-14/h5-10H,4H2,1-3H3,(H,21,22,25). The van der Waals surface area contributed by atoms with E-state index in [9.17, 15) is 14.4 Å². The SMILES string of the molecule is CCc1cnc2c(c1NC(=O)c1cc3ccccc3o1)c(=O)n(C)c(=O)n2C. The number of amides is 1. The zero-order valence-electron chi connectivity index (χ0n) is 15.6. The van der Waals surface area contributed by atoms with Gasteiger partial charge < -0.3 is 9.73 Å². The lowest BCUT2D eigenvalue weighted by Gasteiger charge is -2.14. The quantitative estimate of drug-likeness (QED) is 0.589. The molecule has 1 amide bonds. The Labute approximate surface area is 159 Å². The molecule has 0 saturated heterocycles. The predicted octanol–water partition coefficient (Wildman–Crippen LogP) is 2.19. The summed E-state index contributed by atoms with van der Waals surface area (Å²) in [6.45, 7) is 1.89. The number of nitrogens with one attached hydrogen (secondary N) is 1. The highest BCUT2D eigenvalue weighted by molar-refractivity contribution is 6.09. The Morgan fingerprint density at radius 3 is 2.64 bits per heavy atom. The number of carbonyl (C=O) groups excluding carboxylic acids is 1. The Kier molecular flexibility index (Phi) is 4.11. The second-order valence-electron chi connectivity index (χ2n) is 6.52. The molecule has 1 N–H and O–H groups in total. The van der Waals surface area contributed by atoms with E-state index in [1.165, 1.54) is 18.7 Å². The van der Waals surface area contributed by atoms with Crippen LogP contribution in [-0.2, 0) is 20.5 Å². The van der Waals surface area contributed by atoms with Crippen LogP contribution < -0.4 is 16.6 Å². The summed E-state index contributed by atoms with van der Waals surface area (Å²) < 4.78 is 7.90. The van der Waals surface area contributed by atoms with E-state index in [1.807, 2.05) is 25.1 Å². The van der Waals surface area contributed by atoms with Crippen molar-refractivity contribution in [3.8, 4) is 0 Å². The van der Waals surface area contributed by atoms with Gasteiger partial charge in [-0.1, -0.05) is 25.1 Å². The summed E-state index contributed by atoms with van der Waals surface area (Å²) in [4.78, 5) is 42.1. The van der Waals surface area contributed by atoms with Crippen molar-refractivity contribution in [1.82, 2.24) is 14.1 Å². The van der Waals surface area contributed by atoms with Crippen molar-refractivity contribution >= 4 is 33.6 Å². The lowest BCUT2D eigenvalue weighted by atomic mass is 10.1. The first kappa shape index (κ1) is 17.7. The predicted molar refractivity (Wildman–Crippen MR) is 106 cm³/mol. The fourth-order valence-electron chi connectivity index (χ4n) is 3.25. The largest absolute Gasteiger partial charge is 0.451 e. The molecule has 0 saturated carbocycles. The number of rotatable bonds is 3. The number of hydrogen-bond acceptors (Lipinski definition) is 5. The van der Waals surface area contributed by atoms with Crippen LogP contribution in [0.1, 0.15) is 23.0 Å². The van der Waals surface area contributed by atoms with Crippen molar-refractivity contribution in [1.29, 1.82) is 0 Å². The molecule has 8 nitrogen and oxygen atoms in total. The molecule has 0 atom stereocenters. The van der Waals surface area contributed by atoms with E-state index >= 15 is 0 Å². The number of para-hydroxylation sites is 1. The first-order valence-corrected chi connectivity index (χ1v) is 8.80.